The van der Waals surface area contributed by atoms with Gasteiger partial charge in [-0.05, 0) is 74.4 Å². The number of para-hydroxylation sites is 1. The van der Waals surface area contributed by atoms with Gasteiger partial charge < -0.3 is 10.4 Å². The lowest BCUT2D eigenvalue weighted by Gasteiger charge is -2.23. The molecule has 3 aromatic heterocycles. The molecule has 2 aliphatic carbocycles. The van der Waals surface area contributed by atoms with Gasteiger partial charge in [-0.15, -0.1) is 0 Å². The molecule has 3 atom stereocenters. The summed E-state index contributed by atoms with van der Waals surface area (Å²) in [6, 6.07) is 9.10. The molecule has 0 aliphatic heterocycles. The predicted molar refractivity (Wildman–Crippen MR) is 196 cm³/mol. The number of aliphatic hydroxyl groups is 1. The Labute approximate surface area is 327 Å². The number of carbonyl (C=O) groups is 1. The number of amides is 1. The van der Waals surface area contributed by atoms with Gasteiger partial charge in [0.1, 0.15) is 35.2 Å². The molecule has 12 nitrogen and oxygen atoms in total. The fraction of sp³-hybridized carbons (Fsp3) is 0.368. The number of alkyl halides is 5. The number of pyridine rings is 1. The van der Waals surface area contributed by atoms with Crippen molar-refractivity contribution in [3.8, 4) is 23.0 Å². The molecule has 2 aromatic carbocycles. The number of anilines is 1. The van der Waals surface area contributed by atoms with Crippen LogP contribution in [0, 0.1) is 29.4 Å². The molecule has 4 N–H and O–H groups in total. The molecule has 0 saturated heterocycles. The standard InChI is InChI=1S/C38H35F7N8O4S/c1-5-46-58(56,57)51-35-25-8-6-7-24(32(25)52(4)50-35)23-10-9-22(11-12-36(2,3)55)47-31(23)28(15-19-13-20(39)16-21(40)14-19)48-29(54)18-53-34-30(33(49-53)38(43,44)45)26-17-27(26)37(34,41)42/h6-10,13-14,16,26-28,46,55H,5,15,17-18H2,1-4H3,(H,48,54)(H,50,51)/t26-,27+,28?/m0/s1. The second-order valence-electron chi connectivity index (χ2n) is 14.7. The molecular weight excluding hydrogens is 798 g/mol. The Kier molecular flexibility index (Phi) is 10.1. The van der Waals surface area contributed by atoms with Crippen molar-refractivity contribution in [3.05, 3.63) is 94.1 Å². The Balaban J connectivity index is 1.37. The smallest absolute Gasteiger partial charge is 0.378 e. The molecule has 0 bridgehead atoms. The maximum atomic E-state index is 15.4. The van der Waals surface area contributed by atoms with Crippen LogP contribution >= 0.6 is 0 Å². The van der Waals surface area contributed by atoms with Crippen molar-refractivity contribution in [2.24, 2.45) is 13.0 Å². The van der Waals surface area contributed by atoms with E-state index in [0.717, 1.165) is 12.1 Å². The summed E-state index contributed by atoms with van der Waals surface area (Å²) < 4.78 is 134. The zero-order valence-corrected chi connectivity index (χ0v) is 32.0. The van der Waals surface area contributed by atoms with Gasteiger partial charge in [0.05, 0.1) is 17.3 Å². The number of nitrogens with one attached hydrogen (secondary N) is 3. The predicted octanol–water partition coefficient (Wildman–Crippen LogP) is 5.83. The van der Waals surface area contributed by atoms with Crippen LogP contribution in [0.2, 0.25) is 0 Å². The van der Waals surface area contributed by atoms with Gasteiger partial charge in [-0.2, -0.15) is 45.3 Å². The van der Waals surface area contributed by atoms with E-state index in [2.05, 4.69) is 41.8 Å². The van der Waals surface area contributed by atoms with E-state index in [1.54, 1.807) is 38.2 Å². The lowest BCUT2D eigenvalue weighted by molar-refractivity contribution is -0.142. The SMILES string of the molecule is CCNS(=O)(=O)Nc1nn(C)c2c(-c3ccc(C#CC(C)(C)O)nc3C(Cc3cc(F)cc(F)c3)NC(=O)Cn3nc(C(F)(F)F)c4c3C(F)(F)[C@@H]3C[C@H]43)cccc12. The van der Waals surface area contributed by atoms with E-state index < -0.39 is 86.8 Å². The molecule has 7 rings (SSSR count). The molecule has 1 unspecified atom stereocenters. The fourth-order valence-electron chi connectivity index (χ4n) is 7.39. The summed E-state index contributed by atoms with van der Waals surface area (Å²) in [5.41, 5.74) is -3.55. The molecule has 0 spiro atoms. The van der Waals surface area contributed by atoms with E-state index in [1.807, 2.05) is 0 Å². The molecule has 306 valence electrons. The van der Waals surface area contributed by atoms with E-state index in [0.29, 0.717) is 27.2 Å². The number of aromatic nitrogens is 5. The van der Waals surface area contributed by atoms with Gasteiger partial charge in [0.25, 0.3) is 16.1 Å². The molecule has 0 radical (unpaired) electrons. The van der Waals surface area contributed by atoms with Gasteiger partial charge >= 0.3 is 6.18 Å². The zero-order chi connectivity index (χ0) is 42.1. The molecule has 2 aliphatic rings. The van der Waals surface area contributed by atoms with Crippen LogP contribution in [0.4, 0.5) is 36.6 Å². The number of carbonyl (C=O) groups excluding carboxylic acids is 1. The number of hydrogen-bond donors (Lipinski definition) is 4. The van der Waals surface area contributed by atoms with Crippen LogP contribution in [0.3, 0.4) is 0 Å². The Morgan fingerprint density at radius 1 is 1.07 bits per heavy atom. The Bertz CT molecular complexity index is 2620. The van der Waals surface area contributed by atoms with Crippen LogP contribution in [0.25, 0.3) is 22.0 Å². The Hall–Kier alpha value is -5.52. The summed E-state index contributed by atoms with van der Waals surface area (Å²) in [5.74, 6) is -3.77. The van der Waals surface area contributed by atoms with Crippen molar-refractivity contribution >= 4 is 32.8 Å². The summed E-state index contributed by atoms with van der Waals surface area (Å²) in [5, 5.41) is 21.1. The normalized spacial score (nSPS) is 17.7. The third-order valence-corrected chi connectivity index (χ3v) is 10.8. The average Bonchev–Trinajstić information content (AvgIpc) is 3.65. The van der Waals surface area contributed by atoms with E-state index in [1.165, 1.54) is 24.6 Å². The first-order chi connectivity index (χ1) is 27.1. The zero-order valence-electron chi connectivity index (χ0n) is 31.1. The first kappa shape index (κ1) is 40.7. The maximum absolute atomic E-state index is 15.4. The molecule has 1 amide bonds. The van der Waals surface area contributed by atoms with Crippen LogP contribution in [-0.2, 0) is 47.1 Å². The van der Waals surface area contributed by atoms with Crippen molar-refractivity contribution in [2.45, 2.75) is 69.8 Å². The molecule has 3 heterocycles. The van der Waals surface area contributed by atoms with Crippen LogP contribution in [0.5, 0.6) is 0 Å². The van der Waals surface area contributed by atoms with E-state index in [-0.39, 0.29) is 47.7 Å². The monoisotopic (exact) mass is 832 g/mol. The minimum absolute atomic E-state index is 0.00250. The number of fused-ring (bicyclic) bond motifs is 4. The van der Waals surface area contributed by atoms with Crippen molar-refractivity contribution in [1.82, 2.24) is 34.6 Å². The van der Waals surface area contributed by atoms with Gasteiger partial charge in [0, 0.05) is 47.7 Å². The van der Waals surface area contributed by atoms with Crippen LogP contribution < -0.4 is 14.8 Å². The number of rotatable bonds is 11. The van der Waals surface area contributed by atoms with Gasteiger partial charge in [0.2, 0.25) is 5.91 Å². The molecule has 20 heteroatoms. The maximum Gasteiger partial charge on any atom is 0.435 e. The number of halogens is 7. The highest BCUT2D eigenvalue weighted by atomic mass is 32.2. The molecule has 5 aromatic rings. The highest BCUT2D eigenvalue weighted by molar-refractivity contribution is 7.90. The fourth-order valence-corrected chi connectivity index (χ4v) is 8.24. The summed E-state index contributed by atoms with van der Waals surface area (Å²) in [7, 11) is -2.49. The third kappa shape index (κ3) is 7.98. The van der Waals surface area contributed by atoms with Crippen LogP contribution in [0.1, 0.15) is 73.1 Å². The molecular formula is C38H35F7N8O4S. The Morgan fingerprint density at radius 3 is 2.43 bits per heavy atom. The van der Waals surface area contributed by atoms with E-state index >= 15 is 8.78 Å². The summed E-state index contributed by atoms with van der Waals surface area (Å²) >= 11 is 0. The minimum Gasteiger partial charge on any atom is -0.378 e. The van der Waals surface area contributed by atoms with Crippen LogP contribution in [-0.4, -0.2) is 56.1 Å². The van der Waals surface area contributed by atoms with Gasteiger partial charge in [-0.25, -0.2) is 13.8 Å². The average molecular weight is 833 g/mol. The summed E-state index contributed by atoms with van der Waals surface area (Å²) in [6.07, 6.45) is -5.62. The number of hydrogen-bond acceptors (Lipinski definition) is 7. The van der Waals surface area contributed by atoms with Crippen molar-refractivity contribution < 1.29 is 49.1 Å². The quantitative estimate of drug-likeness (QED) is 0.0965. The number of benzene rings is 2. The second kappa shape index (κ2) is 14.4. The summed E-state index contributed by atoms with van der Waals surface area (Å²) in [6.45, 7) is 3.43. The van der Waals surface area contributed by atoms with Gasteiger partial charge in [-0.1, -0.05) is 25.0 Å². The minimum atomic E-state index is -5.08. The van der Waals surface area contributed by atoms with E-state index in [4.69, 9.17) is 0 Å². The number of aryl methyl sites for hydroxylation is 1. The van der Waals surface area contributed by atoms with E-state index in [9.17, 15) is 40.3 Å². The molecule has 58 heavy (non-hydrogen) atoms. The lowest BCUT2D eigenvalue weighted by atomic mass is 9.93. The van der Waals surface area contributed by atoms with Crippen molar-refractivity contribution in [1.29, 1.82) is 0 Å². The highest BCUT2D eigenvalue weighted by Crippen LogP contribution is 2.68. The van der Waals surface area contributed by atoms with Crippen molar-refractivity contribution in [3.63, 3.8) is 0 Å². The largest absolute Gasteiger partial charge is 0.435 e. The topological polar surface area (TPSA) is 156 Å². The first-order valence-corrected chi connectivity index (χ1v) is 19.3. The van der Waals surface area contributed by atoms with Crippen molar-refractivity contribution in [2.75, 3.05) is 11.3 Å². The molecule has 1 fully saturated rings. The third-order valence-electron chi connectivity index (χ3n) is 9.66. The van der Waals surface area contributed by atoms with Gasteiger partial charge in [-0.3, -0.25) is 18.9 Å². The number of nitrogens with zero attached hydrogens (tertiary/aromatic N) is 5. The summed E-state index contributed by atoms with van der Waals surface area (Å²) in [4.78, 5) is 18.6. The highest BCUT2D eigenvalue weighted by Gasteiger charge is 2.68. The first-order valence-electron chi connectivity index (χ1n) is 17.9. The molecule has 1 saturated carbocycles. The second-order valence-corrected chi connectivity index (χ2v) is 16.2. The van der Waals surface area contributed by atoms with Gasteiger partial charge in [0.15, 0.2) is 11.5 Å². The van der Waals surface area contributed by atoms with Crippen LogP contribution in [0.15, 0.2) is 48.5 Å². The lowest BCUT2D eigenvalue weighted by Crippen LogP contribution is -2.35. The Morgan fingerprint density at radius 2 is 1.78 bits per heavy atom.